The van der Waals surface area contributed by atoms with Crippen LogP contribution in [0.1, 0.15) is 5.56 Å². The Bertz CT molecular complexity index is 765. The van der Waals surface area contributed by atoms with Crippen LogP contribution in [0.3, 0.4) is 0 Å². The smallest absolute Gasteiger partial charge is 0.416 e. The molecule has 4 nitrogen and oxygen atoms in total. The zero-order chi connectivity index (χ0) is 18.6. The van der Waals surface area contributed by atoms with E-state index in [2.05, 4.69) is 5.32 Å². The molecular weight excluding hydrogens is 367 g/mol. The second-order valence-corrected chi connectivity index (χ2v) is 6.59. The van der Waals surface area contributed by atoms with E-state index in [1.807, 2.05) is 24.3 Å². The van der Waals surface area contributed by atoms with E-state index >= 15 is 0 Å². The van der Waals surface area contributed by atoms with Crippen LogP contribution in [0.4, 0.5) is 13.2 Å². The lowest BCUT2D eigenvalue weighted by atomic mass is 10.2. The standard InChI is InChI=1S/C18H16F3NO3S/c19-18(20,21)12-5-7-13(8-6-12)24-10-9-22-17(23)15-11-26-16-4-2-1-3-14(16)25-15/h1-8,15H,9-11H2,(H,22,23)/t15-/m1/s1. The summed E-state index contributed by atoms with van der Waals surface area (Å²) in [5.41, 5.74) is -0.731. The number of thioether (sulfide) groups is 1. The molecule has 0 radical (unpaired) electrons. The van der Waals surface area contributed by atoms with Crippen molar-refractivity contribution in [3.05, 3.63) is 54.1 Å². The number of nitrogens with one attached hydrogen (secondary N) is 1. The summed E-state index contributed by atoms with van der Waals surface area (Å²) in [6, 6.07) is 11.9. The minimum absolute atomic E-state index is 0.146. The van der Waals surface area contributed by atoms with Crippen LogP contribution < -0.4 is 14.8 Å². The Hall–Kier alpha value is -2.35. The van der Waals surface area contributed by atoms with Gasteiger partial charge >= 0.3 is 6.18 Å². The fourth-order valence-electron chi connectivity index (χ4n) is 2.35. The number of halogens is 3. The molecule has 1 amide bonds. The summed E-state index contributed by atoms with van der Waals surface area (Å²) in [6.07, 6.45) is -4.95. The number of fused-ring (bicyclic) bond motifs is 1. The molecule has 1 atom stereocenters. The quantitative estimate of drug-likeness (QED) is 0.799. The zero-order valence-electron chi connectivity index (χ0n) is 13.6. The lowest BCUT2D eigenvalue weighted by molar-refractivity contribution is -0.137. The van der Waals surface area contributed by atoms with Gasteiger partial charge in [0.15, 0.2) is 6.10 Å². The molecule has 0 aliphatic carbocycles. The molecule has 0 saturated heterocycles. The van der Waals surface area contributed by atoms with E-state index in [1.54, 1.807) is 11.8 Å². The third kappa shape index (κ3) is 4.63. The predicted molar refractivity (Wildman–Crippen MR) is 91.5 cm³/mol. The molecule has 1 N–H and O–H groups in total. The van der Waals surface area contributed by atoms with Crippen LogP contribution in [0.25, 0.3) is 0 Å². The van der Waals surface area contributed by atoms with E-state index in [1.165, 1.54) is 12.1 Å². The van der Waals surface area contributed by atoms with Crippen molar-refractivity contribution in [1.29, 1.82) is 0 Å². The minimum Gasteiger partial charge on any atom is -0.492 e. The lowest BCUT2D eigenvalue weighted by Gasteiger charge is -2.24. The van der Waals surface area contributed by atoms with Gasteiger partial charge in [-0.2, -0.15) is 13.2 Å². The molecule has 1 aliphatic rings. The van der Waals surface area contributed by atoms with Crippen LogP contribution >= 0.6 is 11.8 Å². The number of amides is 1. The van der Waals surface area contributed by atoms with Crippen molar-refractivity contribution in [2.24, 2.45) is 0 Å². The second kappa shape index (κ2) is 7.90. The first-order valence-electron chi connectivity index (χ1n) is 7.90. The number of hydrogen-bond acceptors (Lipinski definition) is 4. The number of alkyl halides is 3. The Morgan fingerprint density at radius 1 is 1.19 bits per heavy atom. The van der Waals surface area contributed by atoms with Gasteiger partial charge < -0.3 is 14.8 Å². The summed E-state index contributed by atoms with van der Waals surface area (Å²) in [4.78, 5) is 13.1. The highest BCUT2D eigenvalue weighted by atomic mass is 32.2. The van der Waals surface area contributed by atoms with Crippen LogP contribution in [0.15, 0.2) is 53.4 Å². The molecule has 0 aromatic heterocycles. The second-order valence-electron chi connectivity index (χ2n) is 5.53. The zero-order valence-corrected chi connectivity index (χ0v) is 14.4. The third-order valence-electron chi connectivity index (χ3n) is 3.65. The van der Waals surface area contributed by atoms with Crippen LogP contribution in [0.2, 0.25) is 0 Å². The SMILES string of the molecule is O=C(NCCOc1ccc(C(F)(F)F)cc1)[C@H]1CSc2ccccc2O1. The van der Waals surface area contributed by atoms with Crippen molar-refractivity contribution < 1.29 is 27.4 Å². The van der Waals surface area contributed by atoms with Crippen LogP contribution in [-0.4, -0.2) is 30.9 Å². The number of carbonyl (C=O) groups excluding carboxylic acids is 1. The molecule has 0 bridgehead atoms. The summed E-state index contributed by atoms with van der Waals surface area (Å²) < 4.78 is 48.5. The molecule has 2 aromatic rings. The molecule has 138 valence electrons. The molecule has 26 heavy (non-hydrogen) atoms. The van der Waals surface area contributed by atoms with Crippen molar-refractivity contribution in [1.82, 2.24) is 5.32 Å². The van der Waals surface area contributed by atoms with E-state index in [-0.39, 0.29) is 19.1 Å². The average molecular weight is 383 g/mol. The normalized spacial score (nSPS) is 16.3. The van der Waals surface area contributed by atoms with Crippen molar-refractivity contribution in [3.8, 4) is 11.5 Å². The number of benzene rings is 2. The van der Waals surface area contributed by atoms with Crippen LogP contribution in [0.5, 0.6) is 11.5 Å². The molecule has 3 rings (SSSR count). The topological polar surface area (TPSA) is 47.6 Å². The van der Waals surface area contributed by atoms with Crippen molar-refractivity contribution in [2.45, 2.75) is 17.2 Å². The van der Waals surface area contributed by atoms with Gasteiger partial charge in [-0.1, -0.05) is 12.1 Å². The maximum absolute atomic E-state index is 12.5. The number of ether oxygens (including phenoxy) is 2. The first-order valence-corrected chi connectivity index (χ1v) is 8.88. The summed E-state index contributed by atoms with van der Waals surface area (Å²) in [5.74, 6) is 1.27. The van der Waals surface area contributed by atoms with Crippen molar-refractivity contribution in [2.75, 3.05) is 18.9 Å². The van der Waals surface area contributed by atoms with E-state index in [0.29, 0.717) is 17.3 Å². The largest absolute Gasteiger partial charge is 0.492 e. The molecular formula is C18H16F3NO3S. The summed E-state index contributed by atoms with van der Waals surface area (Å²) in [5, 5.41) is 2.71. The fourth-order valence-corrected chi connectivity index (χ4v) is 3.33. The summed E-state index contributed by atoms with van der Waals surface area (Å²) in [7, 11) is 0. The number of hydrogen-bond donors (Lipinski definition) is 1. The highest BCUT2D eigenvalue weighted by Crippen LogP contribution is 2.35. The predicted octanol–water partition coefficient (Wildman–Crippen LogP) is 3.75. The van der Waals surface area contributed by atoms with Crippen LogP contribution in [-0.2, 0) is 11.0 Å². The van der Waals surface area contributed by atoms with Gasteiger partial charge in [0, 0.05) is 10.6 Å². The molecule has 2 aromatic carbocycles. The lowest BCUT2D eigenvalue weighted by Crippen LogP contribution is -2.42. The van der Waals surface area contributed by atoms with Gasteiger partial charge in [0.25, 0.3) is 5.91 Å². The maximum atomic E-state index is 12.5. The highest BCUT2D eigenvalue weighted by molar-refractivity contribution is 7.99. The van der Waals surface area contributed by atoms with E-state index in [4.69, 9.17) is 9.47 Å². The van der Waals surface area contributed by atoms with E-state index < -0.39 is 17.8 Å². The molecule has 0 fully saturated rings. The first kappa shape index (κ1) is 18.4. The molecule has 0 saturated carbocycles. The minimum atomic E-state index is -4.37. The molecule has 8 heteroatoms. The van der Waals surface area contributed by atoms with Gasteiger partial charge in [0.1, 0.15) is 18.1 Å². The molecule has 1 aliphatic heterocycles. The first-order chi connectivity index (χ1) is 12.4. The Labute approximate surface area is 152 Å². The maximum Gasteiger partial charge on any atom is 0.416 e. The van der Waals surface area contributed by atoms with Gasteiger partial charge in [0.2, 0.25) is 0 Å². The van der Waals surface area contributed by atoms with Gasteiger partial charge in [-0.15, -0.1) is 11.8 Å². The van der Waals surface area contributed by atoms with Crippen molar-refractivity contribution in [3.63, 3.8) is 0 Å². The fraction of sp³-hybridized carbons (Fsp3) is 0.278. The number of rotatable bonds is 5. The van der Waals surface area contributed by atoms with Crippen molar-refractivity contribution >= 4 is 17.7 Å². The third-order valence-corrected chi connectivity index (χ3v) is 4.77. The molecule has 0 unspecified atom stereocenters. The number of carbonyl (C=O) groups is 1. The van der Waals surface area contributed by atoms with Gasteiger partial charge in [-0.25, -0.2) is 0 Å². The van der Waals surface area contributed by atoms with Crippen LogP contribution in [0, 0.1) is 0 Å². The van der Waals surface area contributed by atoms with Gasteiger partial charge in [-0.3, -0.25) is 4.79 Å². The molecule has 0 spiro atoms. The highest BCUT2D eigenvalue weighted by Gasteiger charge is 2.30. The van der Waals surface area contributed by atoms with E-state index in [0.717, 1.165) is 17.0 Å². The average Bonchev–Trinajstić information content (AvgIpc) is 2.64. The Morgan fingerprint density at radius 2 is 1.92 bits per heavy atom. The number of para-hydroxylation sites is 1. The Morgan fingerprint density at radius 3 is 2.65 bits per heavy atom. The summed E-state index contributed by atoms with van der Waals surface area (Å²) in [6.45, 7) is 0.375. The Kier molecular flexibility index (Phi) is 5.61. The Balaban J connectivity index is 1.42. The van der Waals surface area contributed by atoms with E-state index in [9.17, 15) is 18.0 Å². The van der Waals surface area contributed by atoms with Gasteiger partial charge in [-0.05, 0) is 36.4 Å². The molecule has 1 heterocycles. The monoisotopic (exact) mass is 383 g/mol. The van der Waals surface area contributed by atoms with Gasteiger partial charge in [0.05, 0.1) is 12.1 Å². The summed E-state index contributed by atoms with van der Waals surface area (Å²) >= 11 is 1.56.